The van der Waals surface area contributed by atoms with E-state index < -0.39 is 0 Å². The number of benzene rings is 1. The van der Waals surface area contributed by atoms with Crippen LogP contribution in [0.2, 0.25) is 0 Å². The first-order valence-corrected chi connectivity index (χ1v) is 7.72. The number of aryl methyl sites for hydroxylation is 1. The van der Waals surface area contributed by atoms with Crippen molar-refractivity contribution in [3.05, 3.63) is 29.6 Å². The molecule has 4 rings (SSSR count). The molecule has 4 heteroatoms. The highest BCUT2D eigenvalue weighted by atomic mass is 15.2. The first kappa shape index (κ1) is 12.4. The highest BCUT2D eigenvalue weighted by Crippen LogP contribution is 2.39. The van der Waals surface area contributed by atoms with Gasteiger partial charge in [-0.3, -0.25) is 4.90 Å². The van der Waals surface area contributed by atoms with Gasteiger partial charge in [-0.1, -0.05) is 6.07 Å². The van der Waals surface area contributed by atoms with Crippen LogP contribution in [0.15, 0.2) is 18.2 Å². The van der Waals surface area contributed by atoms with Crippen molar-refractivity contribution in [1.29, 1.82) is 0 Å². The molecule has 0 radical (unpaired) electrons. The fourth-order valence-corrected chi connectivity index (χ4v) is 3.17. The molecule has 1 aliphatic carbocycles. The van der Waals surface area contributed by atoms with Gasteiger partial charge in [-0.05, 0) is 37.5 Å². The molecule has 1 saturated heterocycles. The Balaban J connectivity index is 1.72. The van der Waals surface area contributed by atoms with Crippen molar-refractivity contribution in [2.24, 2.45) is 0 Å². The second-order valence-corrected chi connectivity index (χ2v) is 6.15. The van der Waals surface area contributed by atoms with Crippen molar-refractivity contribution in [1.82, 2.24) is 19.8 Å². The van der Waals surface area contributed by atoms with Crippen molar-refractivity contribution in [2.45, 2.75) is 32.4 Å². The van der Waals surface area contributed by atoms with Crippen molar-refractivity contribution < 1.29 is 0 Å². The molecule has 1 aromatic heterocycles. The number of nitrogens with one attached hydrogen (secondary N) is 1. The van der Waals surface area contributed by atoms with Gasteiger partial charge in [-0.15, -0.1) is 0 Å². The molecular formula is C16H22N4. The Morgan fingerprint density at radius 2 is 2.05 bits per heavy atom. The Kier molecular flexibility index (Phi) is 3.00. The van der Waals surface area contributed by atoms with Gasteiger partial charge in [0.15, 0.2) is 0 Å². The Hall–Kier alpha value is -1.39. The van der Waals surface area contributed by atoms with Crippen molar-refractivity contribution in [3.8, 4) is 0 Å². The molecule has 1 aliphatic heterocycles. The highest BCUT2D eigenvalue weighted by molar-refractivity contribution is 5.77. The van der Waals surface area contributed by atoms with Crippen LogP contribution in [0.1, 0.15) is 30.3 Å². The molecule has 2 heterocycles. The summed E-state index contributed by atoms with van der Waals surface area (Å²) < 4.78 is 2.50. The summed E-state index contributed by atoms with van der Waals surface area (Å²) >= 11 is 0. The Morgan fingerprint density at radius 1 is 1.25 bits per heavy atom. The molecule has 1 saturated carbocycles. The minimum absolute atomic E-state index is 0.694. The molecule has 0 amide bonds. The van der Waals surface area contributed by atoms with Gasteiger partial charge < -0.3 is 9.88 Å². The van der Waals surface area contributed by atoms with E-state index in [2.05, 4.69) is 39.9 Å². The van der Waals surface area contributed by atoms with Crippen LogP contribution in [0.3, 0.4) is 0 Å². The van der Waals surface area contributed by atoms with E-state index in [1.54, 1.807) is 0 Å². The number of piperazine rings is 1. The van der Waals surface area contributed by atoms with Crippen molar-refractivity contribution >= 4 is 11.0 Å². The fraction of sp³-hybridized carbons (Fsp3) is 0.562. The molecule has 106 valence electrons. The first-order valence-electron chi connectivity index (χ1n) is 7.72. The van der Waals surface area contributed by atoms with Crippen LogP contribution in [0.4, 0.5) is 0 Å². The average molecular weight is 270 g/mol. The summed E-state index contributed by atoms with van der Waals surface area (Å²) in [6.07, 6.45) is 2.63. The van der Waals surface area contributed by atoms with Crippen molar-refractivity contribution in [2.75, 3.05) is 26.2 Å². The molecule has 2 fully saturated rings. The zero-order valence-electron chi connectivity index (χ0n) is 12.1. The lowest BCUT2D eigenvalue weighted by atomic mass is 10.2. The van der Waals surface area contributed by atoms with Gasteiger partial charge in [-0.2, -0.15) is 0 Å². The third-order valence-corrected chi connectivity index (χ3v) is 4.40. The third-order valence-electron chi connectivity index (χ3n) is 4.40. The summed E-state index contributed by atoms with van der Waals surface area (Å²) in [6, 6.07) is 7.33. The number of imidazole rings is 1. The van der Waals surface area contributed by atoms with E-state index >= 15 is 0 Å². The lowest BCUT2D eigenvalue weighted by Crippen LogP contribution is -2.43. The number of fused-ring (bicyclic) bond motifs is 1. The van der Waals surface area contributed by atoms with Gasteiger partial charge in [0.25, 0.3) is 0 Å². The summed E-state index contributed by atoms with van der Waals surface area (Å²) in [7, 11) is 0. The molecule has 0 unspecified atom stereocenters. The number of nitrogens with zero attached hydrogens (tertiary/aromatic N) is 3. The predicted molar refractivity (Wildman–Crippen MR) is 80.9 cm³/mol. The molecule has 4 nitrogen and oxygen atoms in total. The smallest absolute Gasteiger partial charge is 0.124 e. The van der Waals surface area contributed by atoms with Crippen LogP contribution in [-0.4, -0.2) is 40.6 Å². The maximum atomic E-state index is 4.91. The van der Waals surface area contributed by atoms with E-state index in [1.807, 2.05) is 0 Å². The number of hydrogen-bond donors (Lipinski definition) is 1. The topological polar surface area (TPSA) is 33.1 Å². The number of aromatic nitrogens is 2. The maximum absolute atomic E-state index is 4.91. The lowest BCUT2D eigenvalue weighted by molar-refractivity contribution is 0.225. The molecule has 1 N–H and O–H groups in total. The summed E-state index contributed by atoms with van der Waals surface area (Å²) in [5, 5.41) is 3.42. The van der Waals surface area contributed by atoms with E-state index in [4.69, 9.17) is 4.98 Å². The number of hydrogen-bond acceptors (Lipinski definition) is 3. The Labute approximate surface area is 119 Å². The minimum atomic E-state index is 0.694. The summed E-state index contributed by atoms with van der Waals surface area (Å²) in [4.78, 5) is 7.43. The summed E-state index contributed by atoms with van der Waals surface area (Å²) in [5.41, 5.74) is 3.82. The quantitative estimate of drug-likeness (QED) is 0.927. The minimum Gasteiger partial charge on any atom is -0.324 e. The van der Waals surface area contributed by atoms with Crippen molar-refractivity contribution in [3.63, 3.8) is 0 Å². The Morgan fingerprint density at radius 3 is 2.80 bits per heavy atom. The maximum Gasteiger partial charge on any atom is 0.124 e. The van der Waals surface area contributed by atoms with Crippen LogP contribution in [-0.2, 0) is 6.54 Å². The molecule has 0 atom stereocenters. The van der Waals surface area contributed by atoms with Crippen LogP contribution in [0, 0.1) is 6.92 Å². The third kappa shape index (κ3) is 2.23. The van der Waals surface area contributed by atoms with Gasteiger partial charge in [-0.25, -0.2) is 4.98 Å². The molecular weight excluding hydrogens is 248 g/mol. The zero-order valence-corrected chi connectivity index (χ0v) is 12.1. The normalized spacial score (nSPS) is 20.6. The van der Waals surface area contributed by atoms with Gasteiger partial charge in [0.05, 0.1) is 17.6 Å². The highest BCUT2D eigenvalue weighted by Gasteiger charge is 2.28. The second-order valence-electron chi connectivity index (χ2n) is 6.15. The standard InChI is InChI=1S/C16H22N4/c1-12-2-5-14-15(10-12)20(13-3-4-13)16(18-14)11-19-8-6-17-7-9-19/h2,5,10,13,17H,3-4,6-9,11H2,1H3. The first-order chi connectivity index (χ1) is 9.81. The van der Waals surface area contributed by atoms with Crippen LogP contribution in [0.25, 0.3) is 11.0 Å². The molecule has 0 bridgehead atoms. The number of rotatable bonds is 3. The van der Waals surface area contributed by atoms with E-state index in [0.29, 0.717) is 6.04 Å². The van der Waals surface area contributed by atoms with Gasteiger partial charge in [0.2, 0.25) is 0 Å². The van der Waals surface area contributed by atoms with E-state index in [1.165, 1.54) is 29.7 Å². The predicted octanol–water partition coefficient (Wildman–Crippen LogP) is 2.08. The van der Waals surface area contributed by atoms with E-state index in [0.717, 1.165) is 38.2 Å². The van der Waals surface area contributed by atoms with Crippen LogP contribution in [0.5, 0.6) is 0 Å². The van der Waals surface area contributed by atoms with E-state index in [-0.39, 0.29) is 0 Å². The molecule has 1 aromatic carbocycles. The van der Waals surface area contributed by atoms with E-state index in [9.17, 15) is 0 Å². The SMILES string of the molecule is Cc1ccc2nc(CN3CCNCC3)n(C3CC3)c2c1. The molecule has 20 heavy (non-hydrogen) atoms. The summed E-state index contributed by atoms with van der Waals surface area (Å²) in [5.74, 6) is 1.26. The molecule has 0 spiro atoms. The largest absolute Gasteiger partial charge is 0.324 e. The monoisotopic (exact) mass is 270 g/mol. The Bertz CT molecular complexity index is 621. The second kappa shape index (κ2) is 4.86. The van der Waals surface area contributed by atoms with Gasteiger partial charge in [0.1, 0.15) is 5.82 Å². The average Bonchev–Trinajstić information content (AvgIpc) is 3.23. The van der Waals surface area contributed by atoms with Gasteiger partial charge in [0, 0.05) is 32.2 Å². The van der Waals surface area contributed by atoms with Gasteiger partial charge >= 0.3 is 0 Å². The lowest BCUT2D eigenvalue weighted by Gasteiger charge is -2.27. The molecule has 2 aliphatic rings. The fourth-order valence-electron chi connectivity index (χ4n) is 3.17. The van der Waals surface area contributed by atoms with Crippen LogP contribution >= 0.6 is 0 Å². The zero-order chi connectivity index (χ0) is 13.5. The molecule has 2 aromatic rings. The summed E-state index contributed by atoms with van der Waals surface area (Å²) in [6.45, 7) is 7.62. The van der Waals surface area contributed by atoms with Crippen LogP contribution < -0.4 is 5.32 Å².